The van der Waals surface area contributed by atoms with Gasteiger partial charge in [0.25, 0.3) is 5.56 Å². The summed E-state index contributed by atoms with van der Waals surface area (Å²) in [6, 6.07) is 0. The van der Waals surface area contributed by atoms with Crippen LogP contribution in [-0.2, 0) is 41.1 Å². The van der Waals surface area contributed by atoms with Gasteiger partial charge in [0.05, 0.1) is 18.9 Å². The van der Waals surface area contributed by atoms with Crippen molar-refractivity contribution in [2.24, 2.45) is 5.92 Å². The molecule has 194 valence electrons. The molecule has 0 aromatic carbocycles. The molecule has 1 aromatic rings. The average molecular weight is 556 g/mol. The van der Waals surface area contributed by atoms with Crippen LogP contribution in [0.1, 0.15) is 26.5 Å². The van der Waals surface area contributed by atoms with E-state index in [4.69, 9.17) is 19.3 Å². The molecule has 0 saturated carbocycles. The first kappa shape index (κ1) is 28.7. The first-order chi connectivity index (χ1) is 15.4. The zero-order valence-corrected chi connectivity index (χ0v) is 19.9. The van der Waals surface area contributed by atoms with Gasteiger partial charge in [-0.2, -0.15) is 13.0 Å². The lowest BCUT2D eigenvalue weighted by molar-refractivity contribution is -0.154. The van der Waals surface area contributed by atoms with Crippen molar-refractivity contribution in [3.8, 4) is 0 Å². The van der Waals surface area contributed by atoms with Crippen molar-refractivity contribution in [2.45, 2.75) is 38.7 Å². The molecule has 1 fully saturated rings. The Labute approximate surface area is 188 Å². The highest BCUT2D eigenvalue weighted by atomic mass is 31.3. The average Bonchev–Trinajstić information content (AvgIpc) is 2.96. The second kappa shape index (κ2) is 10.6. The molecule has 0 spiro atoms. The number of phosphoric acid groups is 3. The molecular weight excluding hydrogens is 536 g/mol. The third-order valence-corrected chi connectivity index (χ3v) is 8.09. The van der Waals surface area contributed by atoms with Crippen molar-refractivity contribution in [3.05, 3.63) is 32.9 Å². The molecule has 1 aromatic heterocycles. The maximum atomic E-state index is 13.8. The number of rotatable bonds is 10. The zero-order valence-electron chi connectivity index (χ0n) is 17.2. The Morgan fingerprint density at radius 2 is 1.79 bits per heavy atom. The zero-order chi connectivity index (χ0) is 26.1. The van der Waals surface area contributed by atoms with Crippen LogP contribution in [0.2, 0.25) is 0 Å². The number of hydrogen-bond acceptors (Lipinski definition) is 11. The first-order valence-electron chi connectivity index (χ1n) is 9.06. The molecule has 2 unspecified atom stereocenters. The number of H-pyrrole nitrogens is 1. The minimum absolute atomic E-state index is 0.138. The highest BCUT2D eigenvalue weighted by Gasteiger charge is 2.49. The van der Waals surface area contributed by atoms with Crippen molar-refractivity contribution >= 4 is 29.4 Å². The third-order valence-electron chi connectivity index (χ3n) is 4.28. The molecule has 5 N–H and O–H groups in total. The number of aromatic amines is 1. The molecule has 0 amide bonds. The molecule has 21 heteroatoms. The molecule has 0 radical (unpaired) electrons. The van der Waals surface area contributed by atoms with E-state index in [0.29, 0.717) is 10.8 Å². The van der Waals surface area contributed by atoms with Crippen LogP contribution in [0.25, 0.3) is 0 Å². The second-order valence-corrected chi connectivity index (χ2v) is 11.2. The number of hydrogen-bond donors (Lipinski definition) is 5. The summed E-state index contributed by atoms with van der Waals surface area (Å²) < 4.78 is 70.9. The molecule has 34 heavy (non-hydrogen) atoms. The van der Waals surface area contributed by atoms with E-state index in [0.717, 1.165) is 6.92 Å². The maximum absolute atomic E-state index is 13.8. The summed E-state index contributed by atoms with van der Waals surface area (Å²) in [4.78, 5) is 72.6. The predicted octanol–water partition coefficient (Wildman–Crippen LogP) is -0.126. The molecule has 0 bridgehead atoms. The molecule has 1 aliphatic rings. The Hall–Kier alpha value is -1.55. The van der Waals surface area contributed by atoms with Gasteiger partial charge in [-0.05, 0) is 6.42 Å². The fraction of sp³-hybridized carbons (Fsp3) is 0.615. The van der Waals surface area contributed by atoms with Gasteiger partial charge in [-0.15, -0.1) is 0 Å². The van der Waals surface area contributed by atoms with Crippen LogP contribution in [0, 0.1) is 11.7 Å². The standard InChI is InChI=1S/C13H20FN2O15P3/c1-3-7-9(5-27-33(23,24)31-34(25,26)30-32(20,21)22)29-12(10(7)28-6(2)17)16-4-8(14)11(18)15-13(16)19/h4,7,9-10,12H,3,5H2,1-2H3,(H,23,24)(H,25,26)(H,15,18,19)(H2,20,21,22)/t7-,9-,10-,12-/m1/s1. The van der Waals surface area contributed by atoms with Gasteiger partial charge < -0.3 is 29.0 Å². The van der Waals surface area contributed by atoms with E-state index in [1.165, 1.54) is 0 Å². The lowest BCUT2D eigenvalue weighted by Gasteiger charge is -2.23. The Morgan fingerprint density at radius 1 is 1.18 bits per heavy atom. The van der Waals surface area contributed by atoms with Gasteiger partial charge in [0.15, 0.2) is 12.3 Å². The predicted molar refractivity (Wildman–Crippen MR) is 104 cm³/mol. The van der Waals surface area contributed by atoms with Crippen LogP contribution in [0.3, 0.4) is 0 Å². The largest absolute Gasteiger partial charge is 0.490 e. The van der Waals surface area contributed by atoms with Crippen molar-refractivity contribution in [3.63, 3.8) is 0 Å². The smallest absolute Gasteiger partial charge is 0.457 e. The number of ether oxygens (including phenoxy) is 2. The molecule has 17 nitrogen and oxygen atoms in total. The van der Waals surface area contributed by atoms with Crippen LogP contribution in [0.5, 0.6) is 0 Å². The molecule has 0 aliphatic carbocycles. The van der Waals surface area contributed by atoms with Crippen LogP contribution in [0.4, 0.5) is 4.39 Å². The normalized spacial score (nSPS) is 26.6. The second-order valence-electron chi connectivity index (χ2n) is 6.74. The van der Waals surface area contributed by atoms with E-state index in [1.807, 2.05) is 0 Å². The summed E-state index contributed by atoms with van der Waals surface area (Å²) in [6.07, 6.45) is -3.44. The minimum atomic E-state index is -5.76. The summed E-state index contributed by atoms with van der Waals surface area (Å²) in [5.41, 5.74) is -2.45. The lowest BCUT2D eigenvalue weighted by atomic mass is 9.95. The topological polar surface area (TPSA) is 250 Å². The van der Waals surface area contributed by atoms with Crippen LogP contribution in [0.15, 0.2) is 15.8 Å². The van der Waals surface area contributed by atoms with Gasteiger partial charge in [-0.3, -0.25) is 23.7 Å². The van der Waals surface area contributed by atoms with Crippen molar-refractivity contribution < 1.29 is 65.1 Å². The summed E-state index contributed by atoms with van der Waals surface area (Å²) in [5.74, 6) is -3.05. The van der Waals surface area contributed by atoms with Crippen LogP contribution in [-0.4, -0.2) is 53.9 Å². The Morgan fingerprint density at radius 3 is 2.32 bits per heavy atom. The fourth-order valence-electron chi connectivity index (χ4n) is 3.12. The Bertz CT molecular complexity index is 1180. The Balaban J connectivity index is 2.27. The summed E-state index contributed by atoms with van der Waals surface area (Å²) in [5, 5.41) is 0. The van der Waals surface area contributed by atoms with E-state index in [2.05, 4.69) is 13.1 Å². The highest BCUT2D eigenvalue weighted by molar-refractivity contribution is 7.66. The highest BCUT2D eigenvalue weighted by Crippen LogP contribution is 2.66. The molecule has 1 saturated heterocycles. The quantitative estimate of drug-likeness (QED) is 0.186. The number of nitrogens with zero attached hydrogens (tertiary/aromatic N) is 1. The van der Waals surface area contributed by atoms with Crippen molar-refractivity contribution in [1.82, 2.24) is 9.55 Å². The minimum Gasteiger partial charge on any atom is -0.457 e. The molecule has 1 aliphatic heterocycles. The van der Waals surface area contributed by atoms with Gasteiger partial charge >= 0.3 is 35.1 Å². The van der Waals surface area contributed by atoms with Crippen molar-refractivity contribution in [2.75, 3.05) is 6.61 Å². The van der Waals surface area contributed by atoms with Crippen molar-refractivity contribution in [1.29, 1.82) is 0 Å². The van der Waals surface area contributed by atoms with E-state index >= 15 is 0 Å². The van der Waals surface area contributed by atoms with E-state index < -0.39 is 77.5 Å². The number of halogens is 1. The molecular formula is C13H20FN2O15P3. The van der Waals surface area contributed by atoms with Gasteiger partial charge in [0.1, 0.15) is 0 Å². The Kier molecular flexibility index (Phi) is 8.94. The van der Waals surface area contributed by atoms with Crippen LogP contribution >= 0.6 is 23.5 Å². The molecule has 6 atom stereocenters. The number of carbonyl (C=O) groups excluding carboxylic acids is 1. The van der Waals surface area contributed by atoms with Gasteiger partial charge in [-0.25, -0.2) is 18.5 Å². The van der Waals surface area contributed by atoms with E-state index in [9.17, 15) is 42.3 Å². The van der Waals surface area contributed by atoms with Gasteiger partial charge in [-0.1, -0.05) is 6.92 Å². The lowest BCUT2D eigenvalue weighted by Crippen LogP contribution is -2.39. The summed E-state index contributed by atoms with van der Waals surface area (Å²) >= 11 is 0. The monoisotopic (exact) mass is 556 g/mol. The van der Waals surface area contributed by atoms with Gasteiger partial charge in [0.2, 0.25) is 5.82 Å². The number of carbonyl (C=O) groups is 1. The summed E-state index contributed by atoms with van der Waals surface area (Å²) in [6.45, 7) is 1.69. The maximum Gasteiger partial charge on any atom is 0.490 e. The summed E-state index contributed by atoms with van der Waals surface area (Å²) in [7, 11) is -16.8. The van der Waals surface area contributed by atoms with Gasteiger partial charge in [0, 0.05) is 12.8 Å². The number of aromatic nitrogens is 2. The third kappa shape index (κ3) is 7.73. The van der Waals surface area contributed by atoms with E-state index in [-0.39, 0.29) is 6.42 Å². The number of nitrogens with one attached hydrogen (secondary N) is 1. The first-order valence-corrected chi connectivity index (χ1v) is 13.6. The SMILES string of the molecule is CC[C@H]1[C@@H](OC(C)=O)[C@H](n2cc(F)c(=O)[nH]c2=O)O[C@@H]1COP(=O)(O)OP(=O)(O)OP(=O)(O)O. The molecule has 2 heterocycles. The number of phosphoric ester groups is 1. The molecule has 2 rings (SSSR count). The van der Waals surface area contributed by atoms with E-state index in [1.54, 1.807) is 11.9 Å². The number of esters is 1. The fourth-order valence-corrected chi connectivity index (χ4v) is 6.15. The van der Waals surface area contributed by atoms with Crippen LogP contribution < -0.4 is 11.2 Å².